The molecule has 5 heteroatoms. The van der Waals surface area contributed by atoms with Crippen LogP contribution in [0.3, 0.4) is 0 Å². The average Bonchev–Trinajstić information content (AvgIpc) is 2.71. The van der Waals surface area contributed by atoms with Crippen LogP contribution >= 0.6 is 0 Å². The maximum atomic E-state index is 12.3. The summed E-state index contributed by atoms with van der Waals surface area (Å²) in [6.45, 7) is 7.54. The molecule has 0 aromatic carbocycles. The molecule has 1 unspecified atom stereocenters. The van der Waals surface area contributed by atoms with Gasteiger partial charge in [0.05, 0.1) is 18.2 Å². The first-order valence-electron chi connectivity index (χ1n) is 7.36. The lowest BCUT2D eigenvalue weighted by Crippen LogP contribution is -2.37. The predicted molar refractivity (Wildman–Crippen MR) is 78.5 cm³/mol. The molecular weight excluding hydrogens is 270 g/mol. The molecule has 2 N–H and O–H groups in total. The molecule has 0 saturated heterocycles. The van der Waals surface area contributed by atoms with E-state index in [0.29, 0.717) is 36.1 Å². The molecule has 2 rings (SSSR count). The highest BCUT2D eigenvalue weighted by Crippen LogP contribution is 2.38. The molecule has 1 aromatic heterocycles. The van der Waals surface area contributed by atoms with Crippen LogP contribution in [0.4, 0.5) is 0 Å². The van der Waals surface area contributed by atoms with Crippen LogP contribution in [-0.4, -0.2) is 29.4 Å². The van der Waals surface area contributed by atoms with Crippen molar-refractivity contribution < 1.29 is 19.1 Å². The Labute approximate surface area is 124 Å². The van der Waals surface area contributed by atoms with Gasteiger partial charge in [-0.3, -0.25) is 9.59 Å². The Hall–Kier alpha value is -1.62. The number of nitrogens with one attached hydrogen (secondary N) is 1. The van der Waals surface area contributed by atoms with Crippen LogP contribution in [0.25, 0.3) is 0 Å². The van der Waals surface area contributed by atoms with E-state index in [-0.39, 0.29) is 35.5 Å². The maximum Gasteiger partial charge on any atom is 0.287 e. The SMILES string of the molecule is CCC(CO)NC(=O)c1oc2c(c1C)C(=O)CC(C)(C)C2. The van der Waals surface area contributed by atoms with Crippen molar-refractivity contribution in [1.29, 1.82) is 0 Å². The van der Waals surface area contributed by atoms with Gasteiger partial charge >= 0.3 is 0 Å². The van der Waals surface area contributed by atoms with Crippen molar-refractivity contribution in [2.45, 2.75) is 53.0 Å². The van der Waals surface area contributed by atoms with Crippen LogP contribution in [0, 0.1) is 12.3 Å². The van der Waals surface area contributed by atoms with Gasteiger partial charge in [-0.1, -0.05) is 20.8 Å². The molecule has 21 heavy (non-hydrogen) atoms. The van der Waals surface area contributed by atoms with Gasteiger partial charge in [0.15, 0.2) is 11.5 Å². The monoisotopic (exact) mass is 293 g/mol. The number of furan rings is 1. The molecular formula is C16H23NO4. The van der Waals surface area contributed by atoms with Crippen LogP contribution in [0.15, 0.2) is 4.42 Å². The highest BCUT2D eigenvalue weighted by atomic mass is 16.4. The van der Waals surface area contributed by atoms with Gasteiger partial charge in [-0.15, -0.1) is 0 Å². The lowest BCUT2D eigenvalue weighted by atomic mass is 9.76. The van der Waals surface area contributed by atoms with E-state index in [0.717, 1.165) is 0 Å². The van der Waals surface area contributed by atoms with E-state index in [1.165, 1.54) is 0 Å². The van der Waals surface area contributed by atoms with Gasteiger partial charge in [0.2, 0.25) is 0 Å². The van der Waals surface area contributed by atoms with Crippen molar-refractivity contribution in [3.8, 4) is 0 Å². The highest BCUT2D eigenvalue weighted by molar-refractivity contribution is 6.03. The van der Waals surface area contributed by atoms with E-state index in [9.17, 15) is 9.59 Å². The van der Waals surface area contributed by atoms with Crippen LogP contribution in [0.5, 0.6) is 0 Å². The van der Waals surface area contributed by atoms with E-state index in [1.54, 1.807) is 6.92 Å². The van der Waals surface area contributed by atoms with Gasteiger partial charge < -0.3 is 14.8 Å². The third-order valence-electron chi connectivity index (χ3n) is 4.03. The zero-order valence-electron chi connectivity index (χ0n) is 13.1. The molecule has 1 aromatic rings. The van der Waals surface area contributed by atoms with Gasteiger partial charge in [-0.05, 0) is 18.8 Å². The smallest absolute Gasteiger partial charge is 0.287 e. The molecule has 1 aliphatic carbocycles. The normalized spacial score (nSPS) is 18.2. The first-order valence-corrected chi connectivity index (χ1v) is 7.36. The average molecular weight is 293 g/mol. The molecule has 0 spiro atoms. The third-order valence-corrected chi connectivity index (χ3v) is 4.03. The zero-order valence-corrected chi connectivity index (χ0v) is 13.1. The van der Waals surface area contributed by atoms with Crippen LogP contribution < -0.4 is 5.32 Å². The van der Waals surface area contributed by atoms with Gasteiger partial charge in [0.25, 0.3) is 5.91 Å². The lowest BCUT2D eigenvalue weighted by molar-refractivity contribution is 0.0869. The van der Waals surface area contributed by atoms with Gasteiger partial charge in [0, 0.05) is 18.4 Å². The van der Waals surface area contributed by atoms with Crippen molar-refractivity contribution in [2.75, 3.05) is 6.61 Å². The Bertz CT molecular complexity index is 567. The summed E-state index contributed by atoms with van der Waals surface area (Å²) < 4.78 is 5.68. The number of rotatable bonds is 4. The number of Topliss-reactive ketones (excluding diaryl/α,β-unsaturated/α-hetero) is 1. The summed E-state index contributed by atoms with van der Waals surface area (Å²) in [7, 11) is 0. The first-order chi connectivity index (χ1) is 9.79. The summed E-state index contributed by atoms with van der Waals surface area (Å²) in [4.78, 5) is 24.5. The second-order valence-corrected chi connectivity index (χ2v) is 6.56. The predicted octanol–water partition coefficient (Wildman–Crippen LogP) is 2.24. The van der Waals surface area contributed by atoms with E-state index in [2.05, 4.69) is 5.32 Å². The quantitative estimate of drug-likeness (QED) is 0.892. The molecule has 1 atom stereocenters. The Morgan fingerprint density at radius 3 is 2.67 bits per heavy atom. The number of aliphatic hydroxyl groups excluding tert-OH is 1. The van der Waals surface area contributed by atoms with Crippen molar-refractivity contribution in [1.82, 2.24) is 5.32 Å². The van der Waals surface area contributed by atoms with E-state index in [4.69, 9.17) is 9.52 Å². The van der Waals surface area contributed by atoms with Crippen LogP contribution in [-0.2, 0) is 6.42 Å². The Kier molecular flexibility index (Phi) is 4.23. The largest absolute Gasteiger partial charge is 0.455 e. The van der Waals surface area contributed by atoms with E-state index < -0.39 is 0 Å². The number of hydrogen-bond acceptors (Lipinski definition) is 4. The number of carbonyl (C=O) groups excluding carboxylic acids is 2. The summed E-state index contributed by atoms with van der Waals surface area (Å²) in [5.41, 5.74) is 1.03. The van der Waals surface area contributed by atoms with Crippen molar-refractivity contribution in [3.63, 3.8) is 0 Å². The van der Waals surface area contributed by atoms with E-state index >= 15 is 0 Å². The molecule has 0 aliphatic heterocycles. The van der Waals surface area contributed by atoms with Crippen molar-refractivity contribution >= 4 is 11.7 Å². The standard InChI is InChI=1S/C16H23NO4/c1-5-10(8-18)17-15(20)14-9(2)13-11(19)6-16(3,4)7-12(13)21-14/h10,18H,5-8H2,1-4H3,(H,17,20). The summed E-state index contributed by atoms with van der Waals surface area (Å²) in [5.74, 6) is 0.470. The second-order valence-electron chi connectivity index (χ2n) is 6.56. The second kappa shape index (κ2) is 5.64. The van der Waals surface area contributed by atoms with Gasteiger partial charge in [-0.2, -0.15) is 0 Å². The molecule has 0 bridgehead atoms. The number of ketones is 1. The minimum absolute atomic E-state index is 0.0377. The Morgan fingerprint density at radius 1 is 1.43 bits per heavy atom. The Balaban J connectivity index is 2.32. The number of aliphatic hydroxyl groups is 1. The molecule has 1 heterocycles. The molecule has 1 amide bonds. The molecule has 0 radical (unpaired) electrons. The number of carbonyl (C=O) groups is 2. The lowest BCUT2D eigenvalue weighted by Gasteiger charge is -2.27. The number of hydrogen-bond donors (Lipinski definition) is 2. The summed E-state index contributed by atoms with van der Waals surface area (Å²) >= 11 is 0. The first kappa shape index (κ1) is 15.8. The minimum Gasteiger partial charge on any atom is -0.455 e. The highest BCUT2D eigenvalue weighted by Gasteiger charge is 2.37. The molecule has 1 aliphatic rings. The summed E-state index contributed by atoms with van der Waals surface area (Å²) in [6, 6.07) is -0.300. The molecule has 0 saturated carbocycles. The fraction of sp³-hybridized carbons (Fsp3) is 0.625. The molecule has 0 fully saturated rings. The number of amides is 1. The third kappa shape index (κ3) is 3.02. The minimum atomic E-state index is -0.367. The van der Waals surface area contributed by atoms with E-state index in [1.807, 2.05) is 20.8 Å². The molecule has 116 valence electrons. The Morgan fingerprint density at radius 2 is 2.10 bits per heavy atom. The van der Waals surface area contributed by atoms with Crippen molar-refractivity contribution in [3.05, 3.63) is 22.6 Å². The van der Waals surface area contributed by atoms with Crippen LogP contribution in [0.2, 0.25) is 0 Å². The van der Waals surface area contributed by atoms with Gasteiger partial charge in [0.1, 0.15) is 5.76 Å². The van der Waals surface area contributed by atoms with Crippen molar-refractivity contribution in [2.24, 2.45) is 5.41 Å². The summed E-state index contributed by atoms with van der Waals surface area (Å²) in [6.07, 6.45) is 1.75. The van der Waals surface area contributed by atoms with Crippen LogP contribution in [0.1, 0.15) is 65.8 Å². The fourth-order valence-corrected chi connectivity index (χ4v) is 2.83. The van der Waals surface area contributed by atoms with Gasteiger partial charge in [-0.25, -0.2) is 0 Å². The number of fused-ring (bicyclic) bond motifs is 1. The topological polar surface area (TPSA) is 79.5 Å². The fourth-order valence-electron chi connectivity index (χ4n) is 2.83. The maximum absolute atomic E-state index is 12.3. The molecule has 5 nitrogen and oxygen atoms in total. The zero-order chi connectivity index (χ0) is 15.8. The summed E-state index contributed by atoms with van der Waals surface area (Å²) in [5, 5.41) is 11.9.